The van der Waals surface area contributed by atoms with Gasteiger partial charge in [-0.15, -0.1) is 0 Å². The van der Waals surface area contributed by atoms with E-state index in [-0.39, 0.29) is 18.0 Å². The lowest BCUT2D eigenvalue weighted by Crippen LogP contribution is -2.58. The molecule has 1 aromatic heterocycles. The molecule has 8 heteroatoms. The lowest BCUT2D eigenvalue weighted by molar-refractivity contribution is -0.137. The van der Waals surface area contributed by atoms with E-state index in [2.05, 4.69) is 10.3 Å². The van der Waals surface area contributed by atoms with Crippen LogP contribution in [0.4, 0.5) is 18.0 Å². The molecule has 20 heavy (non-hydrogen) atoms. The van der Waals surface area contributed by atoms with Crippen molar-refractivity contribution in [3.63, 3.8) is 0 Å². The van der Waals surface area contributed by atoms with E-state index < -0.39 is 11.7 Å². The van der Waals surface area contributed by atoms with Gasteiger partial charge >= 0.3 is 12.2 Å². The highest BCUT2D eigenvalue weighted by atomic mass is 19.4. The van der Waals surface area contributed by atoms with E-state index in [1.807, 2.05) is 0 Å². The van der Waals surface area contributed by atoms with E-state index in [0.29, 0.717) is 19.6 Å². The Morgan fingerprint density at radius 3 is 2.85 bits per heavy atom. The number of carbonyl (C=O) groups excluding carboxylic acids is 1. The Morgan fingerprint density at radius 2 is 2.25 bits per heavy atom. The number of likely N-dealkylation sites (tertiary alicyclic amines) is 1. The zero-order valence-electron chi connectivity index (χ0n) is 10.8. The molecular formula is C12H14F3N3O2. The van der Waals surface area contributed by atoms with Crippen molar-refractivity contribution in [2.24, 2.45) is 0 Å². The summed E-state index contributed by atoms with van der Waals surface area (Å²) in [7, 11) is 0. The number of nitrogens with zero attached hydrogens (tertiary/aromatic N) is 2. The van der Waals surface area contributed by atoms with E-state index in [0.717, 1.165) is 18.3 Å². The van der Waals surface area contributed by atoms with Gasteiger partial charge in [0.1, 0.15) is 6.10 Å². The Hall–Kier alpha value is -1.99. The van der Waals surface area contributed by atoms with Crippen LogP contribution in [0.15, 0.2) is 18.3 Å². The molecule has 1 saturated heterocycles. The lowest BCUT2D eigenvalue weighted by atomic mass is 10.2. The predicted molar refractivity (Wildman–Crippen MR) is 64.3 cm³/mol. The largest absolute Gasteiger partial charge is 0.471 e. The third-order valence-corrected chi connectivity index (χ3v) is 2.81. The van der Waals surface area contributed by atoms with Crippen LogP contribution in [-0.4, -0.2) is 41.7 Å². The van der Waals surface area contributed by atoms with Crippen LogP contribution in [0.5, 0.6) is 5.88 Å². The van der Waals surface area contributed by atoms with Gasteiger partial charge in [-0.25, -0.2) is 9.78 Å². The van der Waals surface area contributed by atoms with Crippen LogP contribution in [0, 0.1) is 0 Å². The molecule has 1 aliphatic rings. The van der Waals surface area contributed by atoms with Crippen molar-refractivity contribution >= 4 is 6.03 Å². The molecule has 0 spiro atoms. The van der Waals surface area contributed by atoms with Crippen molar-refractivity contribution in [1.29, 1.82) is 0 Å². The van der Waals surface area contributed by atoms with Gasteiger partial charge in [0.05, 0.1) is 18.7 Å². The third-order valence-electron chi connectivity index (χ3n) is 2.81. The Bertz CT molecular complexity index is 487. The minimum Gasteiger partial charge on any atom is -0.471 e. The van der Waals surface area contributed by atoms with Gasteiger partial charge in [-0.2, -0.15) is 13.2 Å². The summed E-state index contributed by atoms with van der Waals surface area (Å²) in [6.45, 7) is 3.00. The summed E-state index contributed by atoms with van der Waals surface area (Å²) in [6.07, 6.45) is -3.69. The van der Waals surface area contributed by atoms with Gasteiger partial charge in [0.25, 0.3) is 0 Å². The second-order valence-corrected chi connectivity index (χ2v) is 4.36. The maximum Gasteiger partial charge on any atom is 0.416 e. The standard InChI is InChI=1S/C12H14F3N3O2/c1-2-16-11(19)18-6-9(7-18)20-10-5-8(3-4-17-10)12(13,14)15/h3-5,9H,2,6-7H2,1H3,(H,16,19). The minimum absolute atomic E-state index is 0.0830. The number of carbonyl (C=O) groups is 1. The first-order valence-corrected chi connectivity index (χ1v) is 6.13. The minimum atomic E-state index is -4.42. The maximum absolute atomic E-state index is 12.5. The van der Waals surface area contributed by atoms with E-state index in [4.69, 9.17) is 4.74 Å². The molecule has 5 nitrogen and oxygen atoms in total. The number of alkyl halides is 3. The zero-order chi connectivity index (χ0) is 14.8. The second kappa shape index (κ2) is 5.56. The summed E-state index contributed by atoms with van der Waals surface area (Å²) < 4.78 is 42.8. The Balaban J connectivity index is 1.89. The third kappa shape index (κ3) is 3.31. The number of pyridine rings is 1. The van der Waals surface area contributed by atoms with Crippen LogP contribution in [0.1, 0.15) is 12.5 Å². The van der Waals surface area contributed by atoms with E-state index >= 15 is 0 Å². The molecule has 1 aromatic rings. The van der Waals surface area contributed by atoms with E-state index in [1.54, 1.807) is 6.92 Å². The maximum atomic E-state index is 12.5. The van der Waals surface area contributed by atoms with Gasteiger partial charge in [-0.05, 0) is 13.0 Å². The Labute approximate surface area is 113 Å². The molecule has 2 rings (SSSR count). The van der Waals surface area contributed by atoms with Gasteiger partial charge in [-0.1, -0.05) is 0 Å². The van der Waals surface area contributed by atoms with Crippen molar-refractivity contribution in [3.05, 3.63) is 23.9 Å². The summed E-state index contributed by atoms with van der Waals surface area (Å²) in [5.41, 5.74) is -0.803. The SMILES string of the molecule is CCNC(=O)N1CC(Oc2cc(C(F)(F)F)ccn2)C1. The fourth-order valence-corrected chi connectivity index (χ4v) is 1.76. The van der Waals surface area contributed by atoms with Crippen LogP contribution in [-0.2, 0) is 6.18 Å². The molecule has 0 unspecified atom stereocenters. The number of halogens is 3. The molecule has 2 amide bonds. The fraction of sp³-hybridized carbons (Fsp3) is 0.500. The second-order valence-electron chi connectivity index (χ2n) is 4.36. The van der Waals surface area contributed by atoms with E-state index in [9.17, 15) is 18.0 Å². The first-order chi connectivity index (χ1) is 9.40. The number of urea groups is 1. The average molecular weight is 289 g/mol. The first-order valence-electron chi connectivity index (χ1n) is 6.13. The van der Waals surface area contributed by atoms with E-state index in [1.165, 1.54) is 4.90 Å². The molecule has 2 heterocycles. The van der Waals surface area contributed by atoms with Gasteiger partial charge in [0, 0.05) is 18.8 Å². The number of hydrogen-bond acceptors (Lipinski definition) is 3. The number of hydrogen-bond donors (Lipinski definition) is 1. The van der Waals surface area contributed by atoms with Crippen LogP contribution >= 0.6 is 0 Å². The molecule has 0 bridgehead atoms. The van der Waals surface area contributed by atoms with Crippen molar-refractivity contribution < 1.29 is 22.7 Å². The quantitative estimate of drug-likeness (QED) is 0.924. The fourth-order valence-electron chi connectivity index (χ4n) is 1.76. The van der Waals surface area contributed by atoms with Crippen LogP contribution in [0.2, 0.25) is 0 Å². The highest BCUT2D eigenvalue weighted by Gasteiger charge is 2.34. The predicted octanol–water partition coefficient (Wildman–Crippen LogP) is 1.89. The smallest absolute Gasteiger partial charge is 0.416 e. The summed E-state index contributed by atoms with van der Waals surface area (Å²) in [5.74, 6) is -0.0830. The molecule has 0 aliphatic carbocycles. The van der Waals surface area contributed by atoms with Crippen LogP contribution in [0.25, 0.3) is 0 Å². The highest BCUT2D eigenvalue weighted by molar-refractivity contribution is 5.75. The molecule has 0 atom stereocenters. The number of rotatable bonds is 3. The molecule has 110 valence electrons. The topological polar surface area (TPSA) is 54.5 Å². The van der Waals surface area contributed by atoms with Crippen molar-refractivity contribution in [2.75, 3.05) is 19.6 Å². The zero-order valence-corrected chi connectivity index (χ0v) is 10.8. The van der Waals surface area contributed by atoms with Crippen molar-refractivity contribution in [2.45, 2.75) is 19.2 Å². The molecule has 1 N–H and O–H groups in total. The summed E-state index contributed by atoms with van der Waals surface area (Å²) >= 11 is 0. The lowest BCUT2D eigenvalue weighted by Gasteiger charge is -2.38. The van der Waals surface area contributed by atoms with Gasteiger partial charge in [0.2, 0.25) is 5.88 Å². The molecule has 0 saturated carbocycles. The van der Waals surface area contributed by atoms with Crippen molar-refractivity contribution in [3.8, 4) is 5.88 Å². The molecule has 1 fully saturated rings. The Kier molecular flexibility index (Phi) is 4.01. The van der Waals surface area contributed by atoms with Crippen molar-refractivity contribution in [1.82, 2.24) is 15.2 Å². The molecular weight excluding hydrogens is 275 g/mol. The number of amides is 2. The van der Waals surface area contributed by atoms with Crippen LogP contribution in [0.3, 0.4) is 0 Å². The Morgan fingerprint density at radius 1 is 1.55 bits per heavy atom. The highest BCUT2D eigenvalue weighted by Crippen LogP contribution is 2.30. The number of aromatic nitrogens is 1. The van der Waals surface area contributed by atoms with Gasteiger partial charge < -0.3 is 15.0 Å². The summed E-state index contributed by atoms with van der Waals surface area (Å²) in [6, 6.07) is 1.54. The van der Waals surface area contributed by atoms with Gasteiger partial charge in [0.15, 0.2) is 0 Å². The molecule has 0 aromatic carbocycles. The number of nitrogens with one attached hydrogen (secondary N) is 1. The molecule has 1 aliphatic heterocycles. The average Bonchev–Trinajstić information content (AvgIpc) is 2.33. The van der Waals surface area contributed by atoms with Crippen LogP contribution < -0.4 is 10.1 Å². The normalized spacial score (nSPS) is 15.7. The monoisotopic (exact) mass is 289 g/mol. The van der Waals surface area contributed by atoms with Gasteiger partial charge in [-0.3, -0.25) is 0 Å². The number of ether oxygens (including phenoxy) is 1. The first kappa shape index (κ1) is 14.4. The summed E-state index contributed by atoms with van der Waals surface area (Å²) in [5, 5.41) is 2.63. The summed E-state index contributed by atoms with van der Waals surface area (Å²) in [4.78, 5) is 16.7. The molecule has 0 radical (unpaired) electrons.